The van der Waals surface area contributed by atoms with Crippen LogP contribution in [0.25, 0.3) is 0 Å². The van der Waals surface area contributed by atoms with Crippen LogP contribution < -0.4 is 5.73 Å². The van der Waals surface area contributed by atoms with Crippen LogP contribution in [0.5, 0.6) is 0 Å². The zero-order valence-corrected chi connectivity index (χ0v) is 13.5. The molecule has 118 valence electrons. The number of nitrogens with zero attached hydrogens (tertiary/aromatic N) is 1. The Morgan fingerprint density at radius 1 is 1.17 bits per heavy atom. The molecule has 0 saturated carbocycles. The lowest BCUT2D eigenvalue weighted by Crippen LogP contribution is -2.34. The number of nitrogens with two attached hydrogens (primary N) is 1. The van der Waals surface area contributed by atoms with Crippen LogP contribution in [0.15, 0.2) is 42.5 Å². The van der Waals surface area contributed by atoms with Gasteiger partial charge < -0.3 is 16.0 Å². The minimum absolute atomic E-state index is 0.190. The molecule has 0 spiro atoms. The van der Waals surface area contributed by atoms with E-state index in [1.54, 1.807) is 42.2 Å². The zero-order valence-electron chi connectivity index (χ0n) is 12.7. The second-order valence-electron chi connectivity index (χ2n) is 5.13. The second-order valence-corrected chi connectivity index (χ2v) is 5.57. The largest absolute Gasteiger partial charge is 0.398 e. The number of hydrogen-bond acceptors (Lipinski definition) is 4. The normalized spacial score (nSPS) is 10.2. The maximum absolute atomic E-state index is 8.39. The predicted molar refractivity (Wildman–Crippen MR) is 96.0 cm³/mol. The Morgan fingerprint density at radius 3 is 2.39 bits per heavy atom. The van der Waals surface area contributed by atoms with Crippen molar-refractivity contribution in [3.05, 3.63) is 64.2 Å². The standard InChI is InChI=1S/C17H18ClN5/c1-11(20)23(10-12-2-5-15(18)6-3-12)17(22)13-4-7-16(21)14(8-13)9-19/h2-9,19-20,22H,10,21H2,1H3. The molecule has 0 aliphatic carbocycles. The Hall–Kier alpha value is -2.66. The van der Waals surface area contributed by atoms with Crippen molar-refractivity contribution in [2.24, 2.45) is 0 Å². The van der Waals surface area contributed by atoms with Gasteiger partial charge in [0.1, 0.15) is 5.84 Å². The molecular formula is C17H18ClN5. The third kappa shape index (κ3) is 3.96. The third-order valence-electron chi connectivity index (χ3n) is 3.44. The van der Waals surface area contributed by atoms with Gasteiger partial charge in [0.2, 0.25) is 0 Å². The van der Waals surface area contributed by atoms with Gasteiger partial charge in [0, 0.05) is 28.1 Å². The van der Waals surface area contributed by atoms with Crippen LogP contribution in [0.2, 0.25) is 5.02 Å². The van der Waals surface area contributed by atoms with Gasteiger partial charge in [0.25, 0.3) is 0 Å². The molecule has 5 nitrogen and oxygen atoms in total. The molecule has 0 aliphatic rings. The molecule has 0 radical (unpaired) electrons. The lowest BCUT2D eigenvalue weighted by atomic mass is 10.1. The van der Waals surface area contributed by atoms with Crippen LogP contribution >= 0.6 is 11.6 Å². The van der Waals surface area contributed by atoms with Crippen LogP contribution in [0.4, 0.5) is 5.69 Å². The highest BCUT2D eigenvalue weighted by Gasteiger charge is 2.15. The van der Waals surface area contributed by atoms with Crippen LogP contribution in [0.1, 0.15) is 23.6 Å². The first-order chi connectivity index (χ1) is 10.9. The first kappa shape index (κ1) is 16.7. The summed E-state index contributed by atoms with van der Waals surface area (Å²) in [5.41, 5.74) is 8.40. The Labute approximate surface area is 140 Å². The van der Waals surface area contributed by atoms with E-state index in [9.17, 15) is 0 Å². The molecule has 0 heterocycles. The maximum atomic E-state index is 8.39. The quantitative estimate of drug-likeness (QED) is 0.390. The smallest absolute Gasteiger partial charge is 0.133 e. The summed E-state index contributed by atoms with van der Waals surface area (Å²) in [6, 6.07) is 12.4. The lowest BCUT2D eigenvalue weighted by Gasteiger charge is -2.24. The van der Waals surface area contributed by atoms with Crippen LogP contribution in [0.3, 0.4) is 0 Å². The first-order valence-electron chi connectivity index (χ1n) is 6.98. The van der Waals surface area contributed by atoms with E-state index >= 15 is 0 Å². The molecule has 0 fully saturated rings. The van der Waals surface area contributed by atoms with Crippen LogP contribution in [0, 0.1) is 16.2 Å². The molecule has 0 atom stereocenters. The monoisotopic (exact) mass is 327 g/mol. The van der Waals surface area contributed by atoms with Gasteiger partial charge in [-0.2, -0.15) is 0 Å². The molecular weight excluding hydrogens is 310 g/mol. The molecule has 0 aromatic heterocycles. The van der Waals surface area contributed by atoms with Crippen molar-refractivity contribution in [2.45, 2.75) is 13.5 Å². The molecule has 0 unspecified atom stereocenters. The fourth-order valence-electron chi connectivity index (χ4n) is 2.14. The van der Waals surface area contributed by atoms with Crippen molar-refractivity contribution in [2.75, 3.05) is 5.73 Å². The SMILES string of the molecule is CC(=N)N(Cc1ccc(Cl)cc1)C(=N)c1ccc(N)c(C=N)c1. The molecule has 6 heteroatoms. The zero-order chi connectivity index (χ0) is 17.0. The summed E-state index contributed by atoms with van der Waals surface area (Å²) in [7, 11) is 0. The van der Waals surface area contributed by atoms with E-state index in [-0.39, 0.29) is 11.7 Å². The number of benzene rings is 2. The highest BCUT2D eigenvalue weighted by atomic mass is 35.5. The summed E-state index contributed by atoms with van der Waals surface area (Å²) in [6.45, 7) is 2.04. The Kier molecular flexibility index (Phi) is 5.13. The molecule has 0 aliphatic heterocycles. The van der Waals surface area contributed by atoms with Gasteiger partial charge in [-0.15, -0.1) is 0 Å². The average molecular weight is 328 g/mol. The number of nitrogens with one attached hydrogen (secondary N) is 3. The second kappa shape index (κ2) is 7.07. The average Bonchev–Trinajstić information content (AvgIpc) is 2.54. The summed E-state index contributed by atoms with van der Waals surface area (Å²) in [4.78, 5) is 1.59. The number of halogens is 1. The van der Waals surface area contributed by atoms with Gasteiger partial charge in [-0.25, -0.2) is 0 Å². The van der Waals surface area contributed by atoms with Gasteiger partial charge in [-0.1, -0.05) is 23.7 Å². The topological polar surface area (TPSA) is 101 Å². The van der Waals surface area contributed by atoms with Crippen molar-refractivity contribution >= 4 is 35.2 Å². The summed E-state index contributed by atoms with van der Waals surface area (Å²) >= 11 is 5.89. The van der Waals surface area contributed by atoms with Crippen molar-refractivity contribution in [3.63, 3.8) is 0 Å². The van der Waals surface area contributed by atoms with Gasteiger partial charge in [0.15, 0.2) is 0 Å². The number of anilines is 1. The van der Waals surface area contributed by atoms with Crippen molar-refractivity contribution in [1.82, 2.24) is 4.90 Å². The van der Waals surface area contributed by atoms with Crippen molar-refractivity contribution in [3.8, 4) is 0 Å². The molecule has 2 aromatic rings. The molecule has 5 N–H and O–H groups in total. The molecule has 0 saturated heterocycles. The molecule has 0 bridgehead atoms. The van der Waals surface area contributed by atoms with Gasteiger partial charge in [0.05, 0.1) is 12.4 Å². The molecule has 0 amide bonds. The number of hydrogen-bond donors (Lipinski definition) is 4. The minimum Gasteiger partial charge on any atom is -0.398 e. The van der Waals surface area contributed by atoms with Crippen molar-refractivity contribution < 1.29 is 0 Å². The van der Waals surface area contributed by atoms with E-state index in [1.807, 2.05) is 12.1 Å². The van der Waals surface area contributed by atoms with E-state index in [1.165, 1.54) is 0 Å². The fourth-order valence-corrected chi connectivity index (χ4v) is 2.27. The highest BCUT2D eigenvalue weighted by Crippen LogP contribution is 2.17. The van der Waals surface area contributed by atoms with Gasteiger partial charge in [-0.3, -0.25) is 10.8 Å². The van der Waals surface area contributed by atoms with E-state index in [4.69, 9.17) is 33.6 Å². The Balaban J connectivity index is 2.30. The van der Waals surface area contributed by atoms with E-state index in [0.717, 1.165) is 11.8 Å². The number of rotatable bonds is 4. The van der Waals surface area contributed by atoms with Gasteiger partial charge in [-0.05, 0) is 42.8 Å². The van der Waals surface area contributed by atoms with E-state index < -0.39 is 0 Å². The first-order valence-corrected chi connectivity index (χ1v) is 7.36. The molecule has 2 rings (SSSR count). The third-order valence-corrected chi connectivity index (χ3v) is 3.70. The van der Waals surface area contributed by atoms with Gasteiger partial charge >= 0.3 is 0 Å². The van der Waals surface area contributed by atoms with Crippen LogP contribution in [-0.4, -0.2) is 22.8 Å². The minimum atomic E-state index is 0.190. The fraction of sp³-hybridized carbons (Fsp3) is 0.118. The molecule has 23 heavy (non-hydrogen) atoms. The summed E-state index contributed by atoms with van der Waals surface area (Å²) in [6.07, 6.45) is 1.16. The number of nitrogen functional groups attached to an aromatic ring is 1. The summed E-state index contributed by atoms with van der Waals surface area (Å²) in [5, 5.41) is 24.4. The molecule has 2 aromatic carbocycles. The number of amidine groups is 2. The Bertz CT molecular complexity index is 752. The lowest BCUT2D eigenvalue weighted by molar-refractivity contribution is 0.593. The summed E-state index contributed by atoms with van der Waals surface area (Å²) < 4.78 is 0. The maximum Gasteiger partial charge on any atom is 0.133 e. The van der Waals surface area contributed by atoms with E-state index in [0.29, 0.717) is 28.4 Å². The van der Waals surface area contributed by atoms with Crippen LogP contribution in [-0.2, 0) is 6.54 Å². The predicted octanol–water partition coefficient (Wildman–Crippen LogP) is 3.74. The van der Waals surface area contributed by atoms with E-state index in [2.05, 4.69) is 0 Å². The highest BCUT2D eigenvalue weighted by molar-refractivity contribution is 6.30. The van der Waals surface area contributed by atoms with Crippen molar-refractivity contribution in [1.29, 1.82) is 16.2 Å². The summed E-state index contributed by atoms with van der Waals surface area (Å²) in [5.74, 6) is 0.453. The Morgan fingerprint density at radius 2 is 1.83 bits per heavy atom.